The van der Waals surface area contributed by atoms with E-state index in [0.717, 1.165) is 10.0 Å². The molecule has 21 heavy (non-hydrogen) atoms. The van der Waals surface area contributed by atoms with Crippen molar-refractivity contribution in [2.75, 3.05) is 0 Å². The zero-order valence-corrected chi connectivity index (χ0v) is 12.5. The van der Waals surface area contributed by atoms with Gasteiger partial charge in [-0.15, -0.1) is 0 Å². The van der Waals surface area contributed by atoms with E-state index in [0.29, 0.717) is 0 Å². The van der Waals surface area contributed by atoms with Crippen LogP contribution in [0.2, 0.25) is 0 Å². The number of amides is 1. The molecule has 1 unspecified atom stereocenters. The summed E-state index contributed by atoms with van der Waals surface area (Å²) in [6.07, 6.45) is 2.26. The van der Waals surface area contributed by atoms with E-state index in [4.69, 9.17) is 10.2 Å². The highest BCUT2D eigenvalue weighted by Gasteiger charge is 2.19. The molecule has 0 bridgehead atoms. The van der Waals surface area contributed by atoms with Gasteiger partial charge < -0.3 is 15.5 Å². The van der Waals surface area contributed by atoms with Crippen molar-refractivity contribution in [3.63, 3.8) is 0 Å². The third-order valence-electron chi connectivity index (χ3n) is 2.56. The smallest absolute Gasteiger partial charge is 0.326 e. The Morgan fingerprint density at radius 1 is 1.19 bits per heavy atom. The molecule has 0 fully saturated rings. The summed E-state index contributed by atoms with van der Waals surface area (Å²) >= 11 is 3.29. The Balaban J connectivity index is 2.59. The van der Waals surface area contributed by atoms with Gasteiger partial charge >= 0.3 is 11.9 Å². The Labute approximate surface area is 129 Å². The molecule has 1 rings (SSSR count). The lowest BCUT2D eigenvalue weighted by Crippen LogP contribution is -2.40. The van der Waals surface area contributed by atoms with Crippen molar-refractivity contribution in [1.29, 1.82) is 0 Å². The molecule has 0 radical (unpaired) electrons. The Hall–Kier alpha value is -2.15. The van der Waals surface area contributed by atoms with E-state index in [9.17, 15) is 14.4 Å². The molecule has 1 atom stereocenters. The number of hydrogen-bond donors (Lipinski definition) is 3. The summed E-state index contributed by atoms with van der Waals surface area (Å²) in [6.45, 7) is 0. The standard InChI is InChI=1S/C14H14BrNO5/c15-10-4-1-9(2-5-10)3-7-12(17)16-11(14(20)21)6-8-13(18)19/h1-5,7,11H,6,8H2,(H,16,17)(H,18,19)(H,20,21)/b7-3+. The Morgan fingerprint density at radius 2 is 1.81 bits per heavy atom. The van der Waals surface area contributed by atoms with Gasteiger partial charge in [-0.25, -0.2) is 4.79 Å². The van der Waals surface area contributed by atoms with E-state index >= 15 is 0 Å². The molecule has 0 heterocycles. The molecule has 1 aromatic rings. The summed E-state index contributed by atoms with van der Waals surface area (Å²) in [7, 11) is 0. The predicted octanol–water partition coefficient (Wildman–Crippen LogP) is 1.90. The molecule has 0 aliphatic heterocycles. The van der Waals surface area contributed by atoms with Crippen LogP contribution in [0.1, 0.15) is 18.4 Å². The van der Waals surface area contributed by atoms with Crippen molar-refractivity contribution < 1.29 is 24.6 Å². The predicted molar refractivity (Wildman–Crippen MR) is 79.6 cm³/mol. The number of carboxylic acids is 2. The summed E-state index contributed by atoms with van der Waals surface area (Å²) in [4.78, 5) is 33.0. The highest BCUT2D eigenvalue weighted by Crippen LogP contribution is 2.11. The SMILES string of the molecule is O=C(O)CCC(NC(=O)/C=C/c1ccc(Br)cc1)C(=O)O. The Kier molecular flexibility index (Phi) is 6.61. The van der Waals surface area contributed by atoms with Crippen molar-refractivity contribution in [2.45, 2.75) is 18.9 Å². The van der Waals surface area contributed by atoms with Crippen LogP contribution in [0.25, 0.3) is 6.08 Å². The van der Waals surface area contributed by atoms with Gasteiger partial charge in [-0.3, -0.25) is 9.59 Å². The maximum Gasteiger partial charge on any atom is 0.326 e. The molecule has 0 spiro atoms. The molecule has 7 heteroatoms. The highest BCUT2D eigenvalue weighted by molar-refractivity contribution is 9.10. The second kappa shape index (κ2) is 8.21. The van der Waals surface area contributed by atoms with Gasteiger partial charge in [0.1, 0.15) is 6.04 Å². The first-order valence-electron chi connectivity index (χ1n) is 6.07. The summed E-state index contributed by atoms with van der Waals surface area (Å²) in [5, 5.41) is 19.7. The summed E-state index contributed by atoms with van der Waals surface area (Å²) in [5.74, 6) is -2.96. The lowest BCUT2D eigenvalue weighted by Gasteiger charge is -2.11. The van der Waals surface area contributed by atoms with E-state index in [1.807, 2.05) is 12.1 Å². The summed E-state index contributed by atoms with van der Waals surface area (Å²) in [5.41, 5.74) is 0.783. The first kappa shape index (κ1) is 16.9. The Bertz CT molecular complexity index is 553. The lowest BCUT2D eigenvalue weighted by atomic mass is 10.1. The lowest BCUT2D eigenvalue weighted by molar-refractivity contribution is -0.142. The van der Waals surface area contributed by atoms with Crippen molar-refractivity contribution >= 4 is 39.9 Å². The minimum absolute atomic E-state index is 0.164. The zero-order chi connectivity index (χ0) is 15.8. The van der Waals surface area contributed by atoms with Gasteiger partial charge in [0, 0.05) is 17.0 Å². The van der Waals surface area contributed by atoms with Crippen molar-refractivity contribution in [1.82, 2.24) is 5.32 Å². The van der Waals surface area contributed by atoms with E-state index in [1.165, 1.54) is 12.2 Å². The maximum atomic E-state index is 11.6. The largest absolute Gasteiger partial charge is 0.481 e. The molecule has 6 nitrogen and oxygen atoms in total. The number of hydrogen-bond acceptors (Lipinski definition) is 3. The van der Waals surface area contributed by atoms with E-state index < -0.39 is 23.9 Å². The van der Waals surface area contributed by atoms with E-state index in [1.54, 1.807) is 12.1 Å². The zero-order valence-electron chi connectivity index (χ0n) is 11.0. The van der Waals surface area contributed by atoms with E-state index in [-0.39, 0.29) is 12.8 Å². The van der Waals surface area contributed by atoms with Gasteiger partial charge in [0.2, 0.25) is 5.91 Å². The number of halogens is 1. The van der Waals surface area contributed by atoms with Crippen LogP contribution in [-0.2, 0) is 14.4 Å². The average Bonchev–Trinajstić information content (AvgIpc) is 2.42. The number of carbonyl (C=O) groups is 3. The van der Waals surface area contributed by atoms with Gasteiger partial charge in [0.15, 0.2) is 0 Å². The molecule has 1 aromatic carbocycles. The number of carbonyl (C=O) groups excluding carboxylic acids is 1. The first-order chi connectivity index (χ1) is 9.88. The number of carboxylic acid groups (broad SMARTS) is 2. The number of rotatable bonds is 7. The molecule has 0 saturated carbocycles. The van der Waals surface area contributed by atoms with Crippen LogP contribution < -0.4 is 5.32 Å². The van der Waals surface area contributed by atoms with Crippen LogP contribution in [0.15, 0.2) is 34.8 Å². The summed E-state index contributed by atoms with van der Waals surface area (Å²) < 4.78 is 0.906. The summed E-state index contributed by atoms with van der Waals surface area (Å²) in [6, 6.07) is 5.97. The molecule has 0 aliphatic rings. The average molecular weight is 356 g/mol. The fraction of sp³-hybridized carbons (Fsp3) is 0.214. The van der Waals surface area contributed by atoms with Crippen LogP contribution in [0, 0.1) is 0 Å². The number of nitrogens with one attached hydrogen (secondary N) is 1. The van der Waals surface area contributed by atoms with Gasteiger partial charge in [-0.05, 0) is 30.2 Å². The molecular formula is C14H14BrNO5. The third kappa shape index (κ3) is 6.71. The van der Waals surface area contributed by atoms with Crippen LogP contribution in [0.3, 0.4) is 0 Å². The van der Waals surface area contributed by atoms with Gasteiger partial charge in [-0.1, -0.05) is 28.1 Å². The monoisotopic (exact) mass is 355 g/mol. The fourth-order valence-corrected chi connectivity index (χ4v) is 1.76. The topological polar surface area (TPSA) is 104 Å². The van der Waals surface area contributed by atoms with Crippen LogP contribution in [-0.4, -0.2) is 34.1 Å². The van der Waals surface area contributed by atoms with Crippen molar-refractivity contribution in [3.8, 4) is 0 Å². The maximum absolute atomic E-state index is 11.6. The highest BCUT2D eigenvalue weighted by atomic mass is 79.9. The molecule has 112 valence electrons. The molecule has 3 N–H and O–H groups in total. The van der Waals surface area contributed by atoms with Crippen LogP contribution in [0.5, 0.6) is 0 Å². The number of benzene rings is 1. The molecule has 0 aliphatic carbocycles. The minimum Gasteiger partial charge on any atom is -0.481 e. The van der Waals surface area contributed by atoms with Crippen LogP contribution in [0.4, 0.5) is 0 Å². The van der Waals surface area contributed by atoms with Crippen molar-refractivity contribution in [3.05, 3.63) is 40.4 Å². The van der Waals surface area contributed by atoms with Gasteiger partial charge in [-0.2, -0.15) is 0 Å². The third-order valence-corrected chi connectivity index (χ3v) is 3.09. The molecule has 1 amide bonds. The van der Waals surface area contributed by atoms with Crippen molar-refractivity contribution in [2.24, 2.45) is 0 Å². The first-order valence-corrected chi connectivity index (χ1v) is 6.86. The second-order valence-corrected chi connectivity index (χ2v) is 5.13. The fourth-order valence-electron chi connectivity index (χ4n) is 1.49. The van der Waals surface area contributed by atoms with Crippen LogP contribution >= 0.6 is 15.9 Å². The molecular weight excluding hydrogens is 342 g/mol. The molecule has 0 saturated heterocycles. The normalized spacial score (nSPS) is 12.0. The Morgan fingerprint density at radius 3 is 2.33 bits per heavy atom. The molecule has 0 aromatic heterocycles. The van der Waals surface area contributed by atoms with Gasteiger partial charge in [0.25, 0.3) is 0 Å². The number of aliphatic carboxylic acids is 2. The van der Waals surface area contributed by atoms with E-state index in [2.05, 4.69) is 21.2 Å². The minimum atomic E-state index is -1.26. The van der Waals surface area contributed by atoms with Gasteiger partial charge in [0.05, 0.1) is 0 Å². The quantitative estimate of drug-likeness (QED) is 0.648. The second-order valence-electron chi connectivity index (χ2n) is 4.22.